The van der Waals surface area contributed by atoms with Gasteiger partial charge >= 0.3 is 0 Å². The Bertz CT molecular complexity index is 1020. The number of nitrogens with zero attached hydrogens (tertiary/aromatic N) is 2. The second kappa shape index (κ2) is 7.94. The van der Waals surface area contributed by atoms with E-state index in [1.807, 2.05) is 91.0 Å². The Labute approximate surface area is 170 Å². The standard InChI is InChI=1S/C22H15BrN2OS/c23-17-13-11-16(12-14-17)15-20-21(26)25(19-9-5-2-6-10-19)22(27-20)24-18-7-3-1-4-8-18/h1-15H. The highest BCUT2D eigenvalue weighted by molar-refractivity contribution is 9.10. The summed E-state index contributed by atoms with van der Waals surface area (Å²) in [5.74, 6) is -0.0659. The summed E-state index contributed by atoms with van der Waals surface area (Å²) in [7, 11) is 0. The van der Waals surface area contributed by atoms with E-state index < -0.39 is 0 Å². The monoisotopic (exact) mass is 434 g/mol. The predicted octanol–water partition coefficient (Wildman–Crippen LogP) is 6.26. The van der Waals surface area contributed by atoms with Crippen LogP contribution in [-0.2, 0) is 4.79 Å². The number of rotatable bonds is 3. The Balaban J connectivity index is 1.76. The minimum absolute atomic E-state index is 0.0659. The van der Waals surface area contributed by atoms with E-state index in [0.717, 1.165) is 21.4 Å². The molecular weight excluding hydrogens is 420 g/mol. The summed E-state index contributed by atoms with van der Waals surface area (Å²) >= 11 is 4.83. The second-order valence-corrected chi connectivity index (χ2v) is 7.79. The van der Waals surface area contributed by atoms with Gasteiger partial charge in [0.05, 0.1) is 16.3 Å². The number of carbonyl (C=O) groups is 1. The largest absolute Gasteiger partial charge is 0.271 e. The van der Waals surface area contributed by atoms with Crippen molar-refractivity contribution in [2.45, 2.75) is 0 Å². The Hall–Kier alpha value is -2.63. The van der Waals surface area contributed by atoms with Crippen LogP contribution < -0.4 is 4.90 Å². The number of para-hydroxylation sites is 2. The van der Waals surface area contributed by atoms with Gasteiger partial charge in [-0.05, 0) is 59.8 Å². The van der Waals surface area contributed by atoms with Gasteiger partial charge in [0.2, 0.25) is 0 Å². The molecule has 3 aromatic carbocycles. The number of amides is 1. The van der Waals surface area contributed by atoms with Crippen molar-refractivity contribution in [1.29, 1.82) is 0 Å². The molecule has 27 heavy (non-hydrogen) atoms. The van der Waals surface area contributed by atoms with Gasteiger partial charge in [0.25, 0.3) is 5.91 Å². The molecule has 1 fully saturated rings. The Morgan fingerprint density at radius 3 is 2.15 bits per heavy atom. The van der Waals surface area contributed by atoms with Crippen molar-refractivity contribution in [3.8, 4) is 0 Å². The molecule has 0 spiro atoms. The fraction of sp³-hybridized carbons (Fsp3) is 0. The second-order valence-electron chi connectivity index (χ2n) is 5.87. The number of carbonyl (C=O) groups excluding carboxylic acids is 1. The highest BCUT2D eigenvalue weighted by atomic mass is 79.9. The van der Waals surface area contributed by atoms with Crippen LogP contribution in [-0.4, -0.2) is 11.1 Å². The molecule has 1 aliphatic heterocycles. The molecule has 1 saturated heterocycles. The number of amidine groups is 1. The summed E-state index contributed by atoms with van der Waals surface area (Å²) in [6.45, 7) is 0. The third-order valence-corrected chi connectivity index (χ3v) is 5.47. The molecule has 0 aromatic heterocycles. The molecule has 0 atom stereocenters. The highest BCUT2D eigenvalue weighted by Crippen LogP contribution is 2.37. The molecule has 5 heteroatoms. The SMILES string of the molecule is O=C1C(=Cc2ccc(Br)cc2)SC(=Nc2ccccc2)N1c1ccccc1. The van der Waals surface area contributed by atoms with Crippen LogP contribution in [0.3, 0.4) is 0 Å². The predicted molar refractivity (Wildman–Crippen MR) is 117 cm³/mol. The average Bonchev–Trinajstić information content (AvgIpc) is 3.00. The Kier molecular flexibility index (Phi) is 5.23. The lowest BCUT2D eigenvalue weighted by Gasteiger charge is -2.15. The van der Waals surface area contributed by atoms with Crippen LogP contribution in [0.2, 0.25) is 0 Å². The smallest absolute Gasteiger partial charge is 0.268 e. The van der Waals surface area contributed by atoms with Gasteiger partial charge in [-0.25, -0.2) is 4.99 Å². The minimum atomic E-state index is -0.0659. The molecule has 1 heterocycles. The first-order valence-electron chi connectivity index (χ1n) is 8.39. The van der Waals surface area contributed by atoms with Crippen molar-refractivity contribution >= 4 is 56.2 Å². The molecule has 3 nitrogen and oxygen atoms in total. The lowest BCUT2D eigenvalue weighted by Crippen LogP contribution is -2.28. The average molecular weight is 435 g/mol. The molecule has 0 saturated carbocycles. The molecule has 132 valence electrons. The number of thioether (sulfide) groups is 1. The van der Waals surface area contributed by atoms with Crippen LogP contribution in [0.1, 0.15) is 5.56 Å². The summed E-state index contributed by atoms with van der Waals surface area (Å²) < 4.78 is 1.01. The summed E-state index contributed by atoms with van der Waals surface area (Å²) in [5.41, 5.74) is 2.60. The zero-order valence-electron chi connectivity index (χ0n) is 14.2. The van der Waals surface area contributed by atoms with Gasteiger partial charge in [-0.3, -0.25) is 9.69 Å². The lowest BCUT2D eigenvalue weighted by molar-refractivity contribution is -0.113. The number of hydrogen-bond acceptors (Lipinski definition) is 3. The van der Waals surface area contributed by atoms with Gasteiger partial charge in [-0.15, -0.1) is 0 Å². The molecule has 0 unspecified atom stereocenters. The van der Waals surface area contributed by atoms with Crippen molar-refractivity contribution in [3.63, 3.8) is 0 Å². The van der Waals surface area contributed by atoms with E-state index in [-0.39, 0.29) is 5.91 Å². The normalized spacial score (nSPS) is 17.1. The molecule has 0 radical (unpaired) electrons. The first kappa shape index (κ1) is 17.8. The maximum absolute atomic E-state index is 13.1. The Morgan fingerprint density at radius 2 is 1.48 bits per heavy atom. The van der Waals surface area contributed by atoms with Gasteiger partial charge in [0.1, 0.15) is 0 Å². The van der Waals surface area contributed by atoms with Crippen molar-refractivity contribution in [2.75, 3.05) is 4.90 Å². The number of hydrogen-bond donors (Lipinski definition) is 0. The highest BCUT2D eigenvalue weighted by Gasteiger charge is 2.34. The maximum atomic E-state index is 13.1. The van der Waals surface area contributed by atoms with Gasteiger partial charge in [0, 0.05) is 4.47 Å². The number of halogens is 1. The molecule has 4 rings (SSSR count). The van der Waals surface area contributed by atoms with E-state index in [9.17, 15) is 4.79 Å². The molecule has 1 aliphatic rings. The van der Waals surface area contributed by atoms with Crippen LogP contribution >= 0.6 is 27.7 Å². The first-order chi connectivity index (χ1) is 13.2. The van der Waals surface area contributed by atoms with Gasteiger partial charge < -0.3 is 0 Å². The van der Waals surface area contributed by atoms with Gasteiger partial charge in [-0.1, -0.05) is 64.5 Å². The van der Waals surface area contributed by atoms with E-state index in [1.165, 1.54) is 11.8 Å². The van der Waals surface area contributed by atoms with Crippen LogP contribution in [0.25, 0.3) is 6.08 Å². The molecule has 0 N–H and O–H groups in total. The Morgan fingerprint density at radius 1 is 0.852 bits per heavy atom. The van der Waals surface area contributed by atoms with E-state index in [4.69, 9.17) is 4.99 Å². The van der Waals surface area contributed by atoms with Crippen molar-refractivity contribution < 1.29 is 4.79 Å². The minimum Gasteiger partial charge on any atom is -0.268 e. The zero-order chi connectivity index (χ0) is 18.6. The van der Waals surface area contributed by atoms with E-state index in [1.54, 1.807) is 4.90 Å². The van der Waals surface area contributed by atoms with Gasteiger partial charge in [0.15, 0.2) is 5.17 Å². The fourth-order valence-electron chi connectivity index (χ4n) is 2.68. The van der Waals surface area contributed by atoms with Crippen molar-refractivity contribution in [3.05, 3.63) is 99.9 Å². The maximum Gasteiger partial charge on any atom is 0.271 e. The zero-order valence-corrected chi connectivity index (χ0v) is 16.7. The summed E-state index contributed by atoms with van der Waals surface area (Å²) in [6, 6.07) is 27.2. The topological polar surface area (TPSA) is 32.7 Å². The lowest BCUT2D eigenvalue weighted by atomic mass is 10.2. The number of benzene rings is 3. The molecule has 3 aromatic rings. The van der Waals surface area contributed by atoms with Crippen LogP contribution in [0, 0.1) is 0 Å². The van der Waals surface area contributed by atoms with Crippen molar-refractivity contribution in [2.24, 2.45) is 4.99 Å². The quantitative estimate of drug-likeness (QED) is 0.455. The summed E-state index contributed by atoms with van der Waals surface area (Å²) in [5, 5.41) is 0.653. The molecular formula is C22H15BrN2OS. The van der Waals surface area contributed by atoms with Crippen LogP contribution in [0.15, 0.2) is 99.3 Å². The van der Waals surface area contributed by atoms with Crippen molar-refractivity contribution in [1.82, 2.24) is 0 Å². The van der Waals surface area contributed by atoms with Crippen LogP contribution in [0.5, 0.6) is 0 Å². The van der Waals surface area contributed by atoms with E-state index in [0.29, 0.717) is 10.1 Å². The third kappa shape index (κ3) is 4.04. The third-order valence-electron chi connectivity index (χ3n) is 3.97. The summed E-state index contributed by atoms with van der Waals surface area (Å²) in [6.07, 6.45) is 1.91. The molecule has 0 bridgehead atoms. The summed E-state index contributed by atoms with van der Waals surface area (Å²) in [4.78, 5) is 20.2. The van der Waals surface area contributed by atoms with Crippen LogP contribution in [0.4, 0.5) is 11.4 Å². The molecule has 0 aliphatic carbocycles. The van der Waals surface area contributed by atoms with E-state index >= 15 is 0 Å². The fourth-order valence-corrected chi connectivity index (χ4v) is 3.94. The number of anilines is 1. The molecule has 1 amide bonds. The number of aliphatic imine (C=N–C) groups is 1. The first-order valence-corrected chi connectivity index (χ1v) is 10.00. The van der Waals surface area contributed by atoms with Gasteiger partial charge in [-0.2, -0.15) is 0 Å². The van der Waals surface area contributed by atoms with E-state index in [2.05, 4.69) is 15.9 Å².